The van der Waals surface area contributed by atoms with Crippen LogP contribution in [0, 0.1) is 0 Å². The average Bonchev–Trinajstić information content (AvgIpc) is 1.19. The average molecular weight is 1900 g/mol. The van der Waals surface area contributed by atoms with Crippen LogP contribution in [0.3, 0.4) is 0 Å². The Bertz CT molecular complexity index is 8050. The first-order valence-electron chi connectivity index (χ1n) is 36.1. The van der Waals surface area contributed by atoms with Crippen LogP contribution < -0.4 is 38.4 Å². The van der Waals surface area contributed by atoms with E-state index in [1.807, 2.05) is 0 Å². The number of H-pyrrole nitrogens is 4. The molecule has 9 N–H and O–H groups in total. The zero-order valence-electron chi connectivity index (χ0n) is 66.3. The van der Waals surface area contributed by atoms with Crippen molar-refractivity contribution in [2.75, 3.05) is 49.0 Å². The molecule has 0 fully saturated rings. The van der Waals surface area contributed by atoms with E-state index in [0.717, 1.165) is 31.3 Å². The van der Waals surface area contributed by atoms with Crippen molar-refractivity contribution >= 4 is 168 Å². The topological polar surface area (TPSA) is 589 Å². The van der Waals surface area contributed by atoms with Crippen molar-refractivity contribution in [3.63, 3.8) is 0 Å². The quantitative estimate of drug-likeness (QED) is 0.0261. The molecule has 4 amide bonds. The van der Waals surface area contributed by atoms with Crippen LogP contribution in [0.5, 0.6) is 23.0 Å². The SMILES string of the molecule is CNC(=O)c1n[nH]c2ccc(S(=O)(=O)Oc3ccccc3S(C)(=O)=O)cc12.CS(=O)(=O)c1ccccc1OS(=O)(=O)c1ccc2[nH]nc(C(=O)Nc3ccccc3)c2c1.CS(=O)(=O)c1ccccc1OS(=O)(=O)c1ccc2[nH]nc(C(N)=O)c2c1.CS(=O)(=O)c1ccccc1OS(=O)(=O)c1ccc2[nH]nc(NC(=O)c3ccccc3-c3ccccc3S(C)(=O)=O)c2c1. The second-order valence-corrected chi connectivity index (χ2v) is 43.3. The van der Waals surface area contributed by atoms with Crippen LogP contribution in [0.4, 0.5) is 11.5 Å². The molecule has 0 saturated heterocycles. The Morgan fingerprint density at radius 1 is 0.299 bits per heavy atom. The number of sulfone groups is 5. The fraction of sp³-hybridized carbons (Fsp3) is 0.0750. The van der Waals surface area contributed by atoms with Gasteiger partial charge in [-0.25, -0.2) is 42.1 Å². The number of aromatic amines is 4. The highest BCUT2D eigenvalue weighted by molar-refractivity contribution is 7.92. The third-order valence-corrected chi connectivity index (χ3v) is 28.6. The van der Waals surface area contributed by atoms with Crippen molar-refractivity contribution in [1.82, 2.24) is 46.1 Å². The number of benzene rings is 11. The molecule has 0 aliphatic heterocycles. The highest BCUT2D eigenvalue weighted by Crippen LogP contribution is 2.37. The van der Waals surface area contributed by atoms with Crippen molar-refractivity contribution in [3.05, 3.63) is 271 Å². The number of para-hydroxylation sites is 5. The fourth-order valence-corrected chi connectivity index (χ4v) is 20.3. The highest BCUT2D eigenvalue weighted by Gasteiger charge is 2.31. The minimum Gasteiger partial charge on any atom is -0.378 e. The molecule has 0 aliphatic rings. The second kappa shape index (κ2) is 36.2. The number of nitrogens with one attached hydrogen (secondary N) is 7. The van der Waals surface area contributed by atoms with Gasteiger partial charge in [0.05, 0.1) is 27.0 Å². The Balaban J connectivity index is 0.000000157. The highest BCUT2D eigenvalue weighted by atomic mass is 32.2. The van der Waals surface area contributed by atoms with Crippen molar-refractivity contribution < 1.29 is 112 Å². The van der Waals surface area contributed by atoms with Crippen molar-refractivity contribution in [3.8, 4) is 34.1 Å². The monoisotopic (exact) mass is 1900 g/mol. The van der Waals surface area contributed by atoms with Gasteiger partial charge >= 0.3 is 40.5 Å². The lowest BCUT2D eigenvalue weighted by Crippen LogP contribution is -2.18. The minimum absolute atomic E-state index is 0.00237. The number of rotatable bonds is 24. The third kappa shape index (κ3) is 21.3. The number of primary amides is 1. The lowest BCUT2D eigenvalue weighted by molar-refractivity contribution is 0.0956. The molecule has 0 saturated carbocycles. The van der Waals surface area contributed by atoms with Crippen LogP contribution in [0.2, 0.25) is 0 Å². The molecule has 658 valence electrons. The second-order valence-electron chi connectivity index (χ2n) is 27.2. The summed E-state index contributed by atoms with van der Waals surface area (Å²) in [6.07, 6.45) is 4.87. The first-order valence-corrected chi connectivity index (χ1v) is 51.2. The largest absolute Gasteiger partial charge is 0.378 e. The summed E-state index contributed by atoms with van der Waals surface area (Å²) >= 11 is 0. The number of aromatic nitrogens is 8. The number of carbonyl (C=O) groups excluding carboxylic acids is 4. The molecule has 0 radical (unpaired) electrons. The maximum absolute atomic E-state index is 13.5. The lowest BCUT2D eigenvalue weighted by Gasteiger charge is -2.13. The van der Waals surface area contributed by atoms with Gasteiger partial charge in [-0.05, 0) is 151 Å². The zero-order valence-corrected chi connectivity index (χ0v) is 73.7. The van der Waals surface area contributed by atoms with E-state index in [1.54, 1.807) is 66.7 Å². The van der Waals surface area contributed by atoms with E-state index in [9.17, 15) is 94.9 Å². The Morgan fingerprint density at radius 3 is 0.953 bits per heavy atom. The minimum atomic E-state index is -4.50. The van der Waals surface area contributed by atoms with Gasteiger partial charge in [-0.1, -0.05) is 103 Å². The molecule has 0 atom stereocenters. The predicted octanol–water partition coefficient (Wildman–Crippen LogP) is 8.97. The van der Waals surface area contributed by atoms with Gasteiger partial charge in [0.25, 0.3) is 23.6 Å². The van der Waals surface area contributed by atoms with Gasteiger partial charge in [-0.2, -0.15) is 54.1 Å². The first kappa shape index (κ1) is 92.1. The van der Waals surface area contributed by atoms with Crippen molar-refractivity contribution in [2.24, 2.45) is 5.73 Å². The summed E-state index contributed by atoms with van der Waals surface area (Å²) in [5.41, 5.74) is 8.26. The number of nitrogens with zero attached hydrogens (tertiary/aromatic N) is 4. The summed E-state index contributed by atoms with van der Waals surface area (Å²) in [5.74, 6) is -3.75. The van der Waals surface area contributed by atoms with E-state index < -0.39 is 113 Å². The van der Waals surface area contributed by atoms with E-state index in [1.165, 1.54) is 189 Å². The molecule has 0 aliphatic carbocycles. The van der Waals surface area contributed by atoms with E-state index in [0.29, 0.717) is 38.9 Å². The van der Waals surface area contributed by atoms with Gasteiger partial charge in [0.15, 0.2) is 95.1 Å². The van der Waals surface area contributed by atoms with Crippen molar-refractivity contribution in [2.45, 2.75) is 44.1 Å². The standard InChI is InChI=1S/C28H23N3O8S3.C21H17N3O6S2.C16H15N3O6S2.C15H13N3O6S2/c1-40(33,34)25-13-7-5-10-20(25)19-9-3-4-11-21(19)28(32)29-27-22-17-18(15-16-23(22)30-31-27)42(37,38)39-24-12-6-8-14-26(24)41(2,35)36;1-31(26,27)19-10-6-5-9-18(19)30-32(28,29)15-11-12-17-16(13-15)20(24-23-17)21(25)22-14-7-3-2-4-8-14;1-17-16(20)15-11-9-10(7-8-12(11)18-19-15)27(23,24)25-13-5-3-4-6-14(13)26(2,21)22;1-25(20,21)13-5-3-2-4-12(13)24-26(22,23)9-6-7-11-10(8-9)14(15(16)19)18-17-11/h3-17H,1-2H3,(H2,29,30,31,32);2-13H,1H3,(H,22,25)(H,23,24);3-9H,1-2H3,(H,17,20)(H,18,19);2-8H,1H3,(H2,16,19)(H,17,18). The fourth-order valence-electron chi connectivity index (χ4n) is 12.1. The van der Waals surface area contributed by atoms with Crippen LogP contribution in [0.25, 0.3) is 54.7 Å². The lowest BCUT2D eigenvalue weighted by atomic mass is 9.99. The number of amides is 4. The van der Waals surface area contributed by atoms with Crippen LogP contribution in [-0.2, 0) is 89.7 Å². The van der Waals surface area contributed by atoms with Gasteiger partial charge in [0, 0.05) is 76.7 Å². The molecule has 0 bridgehead atoms. The van der Waals surface area contributed by atoms with Gasteiger partial charge < -0.3 is 38.4 Å². The van der Waals surface area contributed by atoms with E-state index in [-0.39, 0.29) is 117 Å². The molecule has 4 heterocycles. The number of carbonyl (C=O) groups is 4. The molecular weight excluding hydrogens is 1830 g/mol. The number of fused-ring (bicyclic) bond motifs is 4. The summed E-state index contributed by atoms with van der Waals surface area (Å²) in [4.78, 5) is 47.3. The molecular formula is C80H68N12O26S9. The molecule has 47 heteroatoms. The molecule has 15 aromatic rings. The van der Waals surface area contributed by atoms with Gasteiger partial charge in [-0.15, -0.1) is 0 Å². The molecule has 38 nitrogen and oxygen atoms in total. The number of anilines is 2. The zero-order chi connectivity index (χ0) is 92.2. The summed E-state index contributed by atoms with van der Waals surface area (Å²) in [5, 5.41) is 35.1. The molecule has 0 unspecified atom stereocenters. The van der Waals surface area contributed by atoms with Crippen molar-refractivity contribution in [1.29, 1.82) is 0 Å². The molecule has 11 aromatic carbocycles. The number of hydrogen-bond acceptors (Lipinski definition) is 30. The van der Waals surface area contributed by atoms with E-state index in [2.05, 4.69) is 56.7 Å². The molecule has 4 aromatic heterocycles. The van der Waals surface area contributed by atoms with Crippen LogP contribution in [0.1, 0.15) is 41.8 Å². The summed E-state index contributed by atoms with van der Waals surface area (Å²) in [6, 6.07) is 58.7. The normalized spacial score (nSPS) is 12.1. The van der Waals surface area contributed by atoms with Gasteiger partial charge in [0.2, 0.25) is 0 Å². The van der Waals surface area contributed by atoms with E-state index >= 15 is 0 Å². The Morgan fingerprint density at radius 2 is 0.591 bits per heavy atom. The number of nitrogens with two attached hydrogens (primary N) is 1. The Kier molecular flexibility index (Phi) is 26.3. The molecule has 0 spiro atoms. The Labute approximate surface area is 725 Å². The molecule has 127 heavy (non-hydrogen) atoms. The Hall–Kier alpha value is -14.1. The summed E-state index contributed by atoms with van der Waals surface area (Å²) in [6.45, 7) is 0. The van der Waals surface area contributed by atoms with Gasteiger partial charge in [0.1, 0.15) is 39.2 Å². The summed E-state index contributed by atoms with van der Waals surface area (Å²) in [7, 11) is -34.7. The van der Waals surface area contributed by atoms with Crippen LogP contribution in [-0.4, -0.2) is 179 Å². The smallest absolute Gasteiger partial charge is 0.339 e. The van der Waals surface area contributed by atoms with Crippen LogP contribution in [0.15, 0.2) is 293 Å². The summed E-state index contributed by atoms with van der Waals surface area (Å²) < 4.78 is 243. The first-order chi connectivity index (χ1) is 59.6. The predicted molar refractivity (Wildman–Crippen MR) is 463 cm³/mol. The maximum atomic E-state index is 13.5. The van der Waals surface area contributed by atoms with E-state index in [4.69, 9.17) is 22.5 Å². The van der Waals surface area contributed by atoms with Gasteiger partial charge in [-0.3, -0.25) is 39.6 Å². The van der Waals surface area contributed by atoms with Crippen LogP contribution >= 0.6 is 0 Å². The molecule has 15 rings (SSSR count). The number of hydrogen-bond donors (Lipinski definition) is 8. The maximum Gasteiger partial charge on any atom is 0.339 e. The third-order valence-electron chi connectivity index (χ3n) is 18.0.